The number of nitrogens with zero attached hydrogens (tertiary/aromatic N) is 1. The average molecular weight is 297 g/mol. The van der Waals surface area contributed by atoms with Crippen molar-refractivity contribution in [1.82, 2.24) is 10.3 Å². The summed E-state index contributed by atoms with van der Waals surface area (Å²) in [7, 11) is 0. The first kappa shape index (κ1) is 15.6. The number of halogens is 1. The number of rotatable bonds is 5. The Balaban J connectivity index is 2.02. The summed E-state index contributed by atoms with van der Waals surface area (Å²) in [5.41, 5.74) is 0.862. The van der Waals surface area contributed by atoms with Crippen LogP contribution in [0.2, 0.25) is 5.02 Å². The number of ether oxygens (including phenoxy) is 1. The van der Waals surface area contributed by atoms with Gasteiger partial charge in [-0.3, -0.25) is 0 Å². The molecule has 1 fully saturated rings. The fraction of sp³-hybridized carbons (Fsp3) is 0.688. The second-order valence-corrected chi connectivity index (χ2v) is 6.44. The predicted octanol–water partition coefficient (Wildman–Crippen LogP) is 4.19. The van der Waals surface area contributed by atoms with E-state index in [1.54, 1.807) is 0 Å². The van der Waals surface area contributed by atoms with E-state index in [2.05, 4.69) is 31.1 Å². The Labute approximate surface area is 127 Å². The van der Waals surface area contributed by atoms with Crippen molar-refractivity contribution in [3.63, 3.8) is 0 Å². The Morgan fingerprint density at radius 3 is 2.80 bits per heavy atom. The van der Waals surface area contributed by atoms with Crippen LogP contribution in [0.1, 0.15) is 52.1 Å². The van der Waals surface area contributed by atoms with Crippen LogP contribution in [0.25, 0.3) is 0 Å². The Morgan fingerprint density at radius 1 is 1.35 bits per heavy atom. The number of nitrogens with one attached hydrogen (secondary N) is 1. The van der Waals surface area contributed by atoms with Crippen molar-refractivity contribution in [2.75, 3.05) is 0 Å². The molecular weight excluding hydrogens is 272 g/mol. The third-order valence-corrected chi connectivity index (χ3v) is 4.22. The molecule has 1 aromatic rings. The topological polar surface area (TPSA) is 34.2 Å². The summed E-state index contributed by atoms with van der Waals surface area (Å²) >= 11 is 6.19. The van der Waals surface area contributed by atoms with Gasteiger partial charge in [0.25, 0.3) is 0 Å². The van der Waals surface area contributed by atoms with Gasteiger partial charge in [0.1, 0.15) is 6.10 Å². The van der Waals surface area contributed by atoms with E-state index in [9.17, 15) is 0 Å². The third-order valence-electron chi connectivity index (χ3n) is 3.88. The molecule has 1 aromatic heterocycles. The van der Waals surface area contributed by atoms with Crippen molar-refractivity contribution < 1.29 is 4.74 Å². The van der Waals surface area contributed by atoms with E-state index in [0.717, 1.165) is 12.1 Å². The molecule has 1 aliphatic carbocycles. The van der Waals surface area contributed by atoms with Gasteiger partial charge < -0.3 is 10.1 Å². The second-order valence-electron chi connectivity index (χ2n) is 6.03. The highest BCUT2D eigenvalue weighted by Gasteiger charge is 2.23. The molecule has 4 heteroatoms. The smallest absolute Gasteiger partial charge is 0.213 e. The van der Waals surface area contributed by atoms with Gasteiger partial charge in [-0.15, -0.1) is 0 Å². The second kappa shape index (κ2) is 7.28. The first-order valence-electron chi connectivity index (χ1n) is 7.61. The highest BCUT2D eigenvalue weighted by atomic mass is 35.5. The SMILES string of the molecule is CC(C)NCc1nc(OC2CCCCC2C)ccc1Cl. The van der Waals surface area contributed by atoms with Crippen molar-refractivity contribution in [2.24, 2.45) is 5.92 Å². The largest absolute Gasteiger partial charge is 0.474 e. The van der Waals surface area contributed by atoms with Crippen LogP contribution >= 0.6 is 11.6 Å². The lowest BCUT2D eigenvalue weighted by Crippen LogP contribution is -2.29. The maximum absolute atomic E-state index is 6.19. The van der Waals surface area contributed by atoms with Crippen LogP contribution in [-0.4, -0.2) is 17.1 Å². The molecule has 2 atom stereocenters. The van der Waals surface area contributed by atoms with E-state index in [4.69, 9.17) is 16.3 Å². The van der Waals surface area contributed by atoms with E-state index in [1.807, 2.05) is 12.1 Å². The van der Waals surface area contributed by atoms with Gasteiger partial charge >= 0.3 is 0 Å². The number of aromatic nitrogens is 1. The zero-order valence-corrected chi connectivity index (χ0v) is 13.4. The van der Waals surface area contributed by atoms with E-state index in [0.29, 0.717) is 35.5 Å². The van der Waals surface area contributed by atoms with Gasteiger partial charge in [-0.1, -0.05) is 38.8 Å². The van der Waals surface area contributed by atoms with Crippen molar-refractivity contribution >= 4 is 11.6 Å². The van der Waals surface area contributed by atoms with Gasteiger partial charge in [0, 0.05) is 18.7 Å². The molecule has 0 radical (unpaired) electrons. The minimum Gasteiger partial charge on any atom is -0.474 e. The van der Waals surface area contributed by atoms with Crippen molar-refractivity contribution in [1.29, 1.82) is 0 Å². The number of pyridine rings is 1. The Bertz CT molecular complexity index is 436. The van der Waals surface area contributed by atoms with Crippen LogP contribution in [-0.2, 0) is 6.54 Å². The molecule has 0 saturated heterocycles. The zero-order chi connectivity index (χ0) is 14.5. The summed E-state index contributed by atoms with van der Waals surface area (Å²) < 4.78 is 6.07. The number of hydrogen-bond donors (Lipinski definition) is 1. The van der Waals surface area contributed by atoms with E-state index >= 15 is 0 Å². The van der Waals surface area contributed by atoms with E-state index < -0.39 is 0 Å². The molecule has 3 nitrogen and oxygen atoms in total. The first-order chi connectivity index (χ1) is 9.56. The Morgan fingerprint density at radius 2 is 2.10 bits per heavy atom. The summed E-state index contributed by atoms with van der Waals surface area (Å²) in [6, 6.07) is 4.17. The minimum atomic E-state index is 0.295. The minimum absolute atomic E-state index is 0.295. The monoisotopic (exact) mass is 296 g/mol. The van der Waals surface area contributed by atoms with Gasteiger partial charge in [0.15, 0.2) is 0 Å². The highest BCUT2D eigenvalue weighted by Crippen LogP contribution is 2.28. The zero-order valence-electron chi connectivity index (χ0n) is 12.7. The lowest BCUT2D eigenvalue weighted by molar-refractivity contribution is 0.0973. The molecular formula is C16H25ClN2O. The van der Waals surface area contributed by atoms with Crippen molar-refractivity contribution in [3.8, 4) is 5.88 Å². The quantitative estimate of drug-likeness (QED) is 0.884. The molecule has 2 unspecified atom stereocenters. The maximum atomic E-state index is 6.19. The maximum Gasteiger partial charge on any atom is 0.213 e. The Hall–Kier alpha value is -0.800. The third kappa shape index (κ3) is 4.35. The fourth-order valence-electron chi connectivity index (χ4n) is 2.57. The van der Waals surface area contributed by atoms with Gasteiger partial charge in [0.05, 0.1) is 10.7 Å². The van der Waals surface area contributed by atoms with Crippen LogP contribution in [0, 0.1) is 5.92 Å². The summed E-state index contributed by atoms with van der Waals surface area (Å²) in [5.74, 6) is 1.31. The molecule has 1 N–H and O–H groups in total. The molecule has 0 amide bonds. The molecule has 20 heavy (non-hydrogen) atoms. The molecule has 0 aromatic carbocycles. The lowest BCUT2D eigenvalue weighted by Gasteiger charge is -2.29. The standard InChI is InChI=1S/C16H25ClN2O/c1-11(2)18-10-14-13(17)8-9-16(19-14)20-15-7-5-4-6-12(15)3/h8-9,11-12,15,18H,4-7,10H2,1-3H3. The summed E-state index contributed by atoms with van der Waals surface area (Å²) in [4.78, 5) is 4.56. The molecule has 0 aliphatic heterocycles. The van der Waals surface area contributed by atoms with Gasteiger partial charge in [-0.25, -0.2) is 4.98 Å². The highest BCUT2D eigenvalue weighted by molar-refractivity contribution is 6.31. The van der Waals surface area contributed by atoms with E-state index in [-0.39, 0.29) is 0 Å². The molecule has 0 spiro atoms. The lowest BCUT2D eigenvalue weighted by atomic mass is 9.88. The van der Waals surface area contributed by atoms with Gasteiger partial charge in [-0.2, -0.15) is 0 Å². The molecule has 112 valence electrons. The van der Waals surface area contributed by atoms with Crippen LogP contribution < -0.4 is 10.1 Å². The summed E-state index contributed by atoms with van der Waals surface area (Å²) in [6.07, 6.45) is 5.25. The molecule has 1 heterocycles. The van der Waals surface area contributed by atoms with E-state index in [1.165, 1.54) is 19.3 Å². The van der Waals surface area contributed by atoms with Crippen LogP contribution in [0.15, 0.2) is 12.1 Å². The van der Waals surface area contributed by atoms with Crippen LogP contribution in [0.3, 0.4) is 0 Å². The summed E-state index contributed by atoms with van der Waals surface area (Å²) in [5, 5.41) is 4.04. The van der Waals surface area contributed by atoms with Crippen molar-refractivity contribution in [3.05, 3.63) is 22.8 Å². The first-order valence-corrected chi connectivity index (χ1v) is 7.99. The predicted molar refractivity (Wildman–Crippen MR) is 83.3 cm³/mol. The number of hydrogen-bond acceptors (Lipinski definition) is 3. The summed E-state index contributed by atoms with van der Waals surface area (Å²) in [6.45, 7) is 7.16. The van der Waals surface area contributed by atoms with Crippen LogP contribution in [0.4, 0.5) is 0 Å². The van der Waals surface area contributed by atoms with Crippen molar-refractivity contribution in [2.45, 2.75) is 65.1 Å². The molecule has 1 aliphatic rings. The molecule has 2 rings (SSSR count). The normalized spacial score (nSPS) is 23.1. The fourth-order valence-corrected chi connectivity index (χ4v) is 2.74. The molecule has 1 saturated carbocycles. The Kier molecular flexibility index (Phi) is 5.67. The van der Waals surface area contributed by atoms with Gasteiger partial charge in [-0.05, 0) is 31.2 Å². The van der Waals surface area contributed by atoms with Gasteiger partial charge in [0.2, 0.25) is 5.88 Å². The average Bonchev–Trinajstić information content (AvgIpc) is 2.42. The van der Waals surface area contributed by atoms with Crippen LogP contribution in [0.5, 0.6) is 5.88 Å². The molecule has 0 bridgehead atoms.